The van der Waals surface area contributed by atoms with Crippen LogP contribution in [0.2, 0.25) is 0 Å². The van der Waals surface area contributed by atoms with Crippen molar-refractivity contribution in [3.05, 3.63) is 0 Å². The van der Waals surface area contributed by atoms with Crippen molar-refractivity contribution in [2.45, 2.75) is 32.7 Å². The van der Waals surface area contributed by atoms with Gasteiger partial charge in [-0.2, -0.15) is 0 Å². The van der Waals surface area contributed by atoms with E-state index in [2.05, 4.69) is 20.8 Å². The predicted molar refractivity (Wildman–Crippen MR) is 53.2 cm³/mol. The SMILES string of the molecule is CC[N+](CC)(CC)C(Cl)CCO. The molecule has 0 amide bonds. The lowest BCUT2D eigenvalue weighted by molar-refractivity contribution is -0.934. The second-order valence-corrected chi connectivity index (χ2v) is 3.62. The highest BCUT2D eigenvalue weighted by atomic mass is 35.5. The molecule has 0 aromatic heterocycles. The lowest BCUT2D eigenvalue weighted by atomic mass is 10.3. The van der Waals surface area contributed by atoms with Crippen molar-refractivity contribution < 1.29 is 9.59 Å². The summed E-state index contributed by atoms with van der Waals surface area (Å²) < 4.78 is 0.905. The van der Waals surface area contributed by atoms with Crippen LogP contribution < -0.4 is 0 Å². The molecular formula is C9H21ClNO+. The highest BCUT2D eigenvalue weighted by Gasteiger charge is 2.29. The van der Waals surface area contributed by atoms with Crippen molar-refractivity contribution in [3.8, 4) is 0 Å². The molecule has 0 aliphatic carbocycles. The number of hydrogen-bond acceptors (Lipinski definition) is 1. The molecule has 0 saturated carbocycles. The molecule has 0 bridgehead atoms. The first-order valence-corrected chi connectivity index (χ1v) is 5.21. The fraction of sp³-hybridized carbons (Fsp3) is 1.00. The molecule has 2 nitrogen and oxygen atoms in total. The Labute approximate surface area is 80.7 Å². The summed E-state index contributed by atoms with van der Waals surface area (Å²) in [7, 11) is 0. The molecule has 12 heavy (non-hydrogen) atoms. The van der Waals surface area contributed by atoms with Crippen LogP contribution in [0, 0.1) is 0 Å². The minimum absolute atomic E-state index is 0.0648. The van der Waals surface area contributed by atoms with E-state index in [-0.39, 0.29) is 12.1 Å². The van der Waals surface area contributed by atoms with Crippen LogP contribution in [0.15, 0.2) is 0 Å². The maximum Gasteiger partial charge on any atom is 0.167 e. The lowest BCUT2D eigenvalue weighted by Crippen LogP contribution is -2.53. The van der Waals surface area contributed by atoms with Crippen molar-refractivity contribution >= 4 is 11.6 Å². The Hall–Kier alpha value is 0.210. The molecule has 0 aromatic carbocycles. The number of quaternary nitrogens is 1. The second-order valence-electron chi connectivity index (χ2n) is 3.11. The Bertz CT molecular complexity index is 107. The first-order valence-electron chi connectivity index (χ1n) is 4.77. The normalized spacial score (nSPS) is 14.8. The Morgan fingerprint density at radius 2 is 1.58 bits per heavy atom. The molecule has 0 aromatic rings. The molecule has 0 fully saturated rings. The fourth-order valence-electron chi connectivity index (χ4n) is 1.65. The van der Waals surface area contributed by atoms with E-state index >= 15 is 0 Å². The number of hydrogen-bond donors (Lipinski definition) is 1. The van der Waals surface area contributed by atoms with Gasteiger partial charge in [0.2, 0.25) is 0 Å². The predicted octanol–water partition coefficient (Wildman–Crippen LogP) is 1.81. The molecule has 1 unspecified atom stereocenters. The van der Waals surface area contributed by atoms with E-state index in [0.29, 0.717) is 6.42 Å². The molecule has 0 aliphatic heterocycles. The van der Waals surface area contributed by atoms with Crippen LogP contribution in [0.25, 0.3) is 0 Å². The summed E-state index contributed by atoms with van der Waals surface area (Å²) in [6, 6.07) is 0. The molecular weight excluding hydrogens is 174 g/mol. The molecule has 1 atom stereocenters. The van der Waals surface area contributed by atoms with Gasteiger partial charge in [0.25, 0.3) is 0 Å². The summed E-state index contributed by atoms with van der Waals surface area (Å²) >= 11 is 6.22. The maximum absolute atomic E-state index is 8.79. The van der Waals surface area contributed by atoms with Crippen molar-refractivity contribution in [1.82, 2.24) is 0 Å². The van der Waals surface area contributed by atoms with E-state index in [1.165, 1.54) is 0 Å². The Balaban J connectivity index is 4.24. The number of rotatable bonds is 6. The largest absolute Gasteiger partial charge is 0.396 e. The summed E-state index contributed by atoms with van der Waals surface area (Å²) in [4.78, 5) is 0. The third-order valence-electron chi connectivity index (χ3n) is 2.85. The minimum Gasteiger partial charge on any atom is -0.396 e. The van der Waals surface area contributed by atoms with Gasteiger partial charge in [-0.3, -0.25) is 0 Å². The average molecular weight is 195 g/mol. The topological polar surface area (TPSA) is 20.2 Å². The quantitative estimate of drug-likeness (QED) is 0.389. The van der Waals surface area contributed by atoms with Gasteiger partial charge in [0.05, 0.1) is 26.2 Å². The molecule has 3 heteroatoms. The van der Waals surface area contributed by atoms with E-state index < -0.39 is 0 Å². The summed E-state index contributed by atoms with van der Waals surface area (Å²) in [6.45, 7) is 9.77. The van der Waals surface area contributed by atoms with Crippen LogP contribution in [0.1, 0.15) is 27.2 Å². The number of nitrogens with zero attached hydrogens (tertiary/aromatic N) is 1. The fourth-order valence-corrected chi connectivity index (χ4v) is 2.16. The van der Waals surface area contributed by atoms with E-state index in [0.717, 1.165) is 24.1 Å². The van der Waals surface area contributed by atoms with Crippen molar-refractivity contribution in [3.63, 3.8) is 0 Å². The van der Waals surface area contributed by atoms with Gasteiger partial charge in [0.15, 0.2) is 5.50 Å². The smallest absolute Gasteiger partial charge is 0.167 e. The zero-order valence-corrected chi connectivity index (χ0v) is 9.14. The summed E-state index contributed by atoms with van der Waals surface area (Å²) in [5.74, 6) is 0. The molecule has 0 aliphatic rings. The number of halogens is 1. The van der Waals surface area contributed by atoms with Crippen LogP contribution in [0.5, 0.6) is 0 Å². The van der Waals surface area contributed by atoms with Crippen LogP contribution in [0.3, 0.4) is 0 Å². The van der Waals surface area contributed by atoms with Gasteiger partial charge in [0.1, 0.15) is 0 Å². The van der Waals surface area contributed by atoms with Gasteiger partial charge in [-0.05, 0) is 20.8 Å². The number of aliphatic hydroxyl groups excluding tert-OH is 1. The standard InChI is InChI=1S/C9H21ClNO/c1-4-11(5-2,6-3)9(10)7-8-12/h9,12H,4-8H2,1-3H3/q+1. The minimum atomic E-state index is 0.0648. The van der Waals surface area contributed by atoms with Crippen molar-refractivity contribution in [1.29, 1.82) is 0 Å². The Morgan fingerprint density at radius 1 is 1.17 bits per heavy atom. The molecule has 74 valence electrons. The zero-order chi connectivity index (χ0) is 9.61. The first-order chi connectivity index (χ1) is 5.66. The van der Waals surface area contributed by atoms with Crippen LogP contribution in [-0.2, 0) is 0 Å². The van der Waals surface area contributed by atoms with Crippen LogP contribution in [-0.4, -0.2) is 41.3 Å². The van der Waals surface area contributed by atoms with Gasteiger partial charge in [-0.25, -0.2) is 0 Å². The molecule has 0 saturated heterocycles. The van der Waals surface area contributed by atoms with Gasteiger partial charge in [-0.1, -0.05) is 11.6 Å². The molecule has 0 radical (unpaired) electrons. The third-order valence-corrected chi connectivity index (χ3v) is 3.48. The Kier molecular flexibility index (Phi) is 5.89. The monoisotopic (exact) mass is 194 g/mol. The first kappa shape index (κ1) is 12.2. The molecule has 0 heterocycles. The highest BCUT2D eigenvalue weighted by Crippen LogP contribution is 2.19. The van der Waals surface area contributed by atoms with Crippen LogP contribution in [0.4, 0.5) is 0 Å². The van der Waals surface area contributed by atoms with Gasteiger partial charge in [-0.15, -0.1) is 0 Å². The van der Waals surface area contributed by atoms with Crippen molar-refractivity contribution in [2.24, 2.45) is 0 Å². The van der Waals surface area contributed by atoms with Crippen LogP contribution >= 0.6 is 11.6 Å². The maximum atomic E-state index is 8.79. The molecule has 1 N–H and O–H groups in total. The number of alkyl halides is 1. The molecule has 0 rings (SSSR count). The summed E-state index contributed by atoms with van der Waals surface area (Å²) in [5, 5.41) is 8.79. The third kappa shape index (κ3) is 2.61. The molecule has 0 spiro atoms. The van der Waals surface area contributed by atoms with Gasteiger partial charge < -0.3 is 9.59 Å². The highest BCUT2D eigenvalue weighted by molar-refractivity contribution is 6.19. The summed E-state index contributed by atoms with van der Waals surface area (Å²) in [5.41, 5.74) is 0.0648. The average Bonchev–Trinajstić information content (AvgIpc) is 2.09. The lowest BCUT2D eigenvalue weighted by Gasteiger charge is -2.39. The van der Waals surface area contributed by atoms with Crippen molar-refractivity contribution in [2.75, 3.05) is 26.2 Å². The van der Waals surface area contributed by atoms with Gasteiger partial charge in [0, 0.05) is 6.42 Å². The number of aliphatic hydroxyl groups is 1. The van der Waals surface area contributed by atoms with E-state index in [9.17, 15) is 0 Å². The van der Waals surface area contributed by atoms with E-state index in [1.54, 1.807) is 0 Å². The summed E-state index contributed by atoms with van der Waals surface area (Å²) in [6.07, 6.45) is 0.692. The van der Waals surface area contributed by atoms with E-state index in [1.807, 2.05) is 0 Å². The second kappa shape index (κ2) is 5.79. The van der Waals surface area contributed by atoms with E-state index in [4.69, 9.17) is 16.7 Å². The van der Waals surface area contributed by atoms with Gasteiger partial charge >= 0.3 is 0 Å². The Morgan fingerprint density at radius 3 is 1.83 bits per heavy atom. The zero-order valence-electron chi connectivity index (χ0n) is 8.39.